The van der Waals surface area contributed by atoms with E-state index in [-0.39, 0.29) is 17.8 Å². The van der Waals surface area contributed by atoms with E-state index < -0.39 is 5.25 Å². The number of likely N-dealkylation sites (N-methyl/N-ethyl adjacent to an activating group) is 1. The number of hydrogen-bond donors (Lipinski definition) is 0. The van der Waals surface area contributed by atoms with Crippen LogP contribution in [0.15, 0.2) is 59.8 Å². The third-order valence-electron chi connectivity index (χ3n) is 4.68. The van der Waals surface area contributed by atoms with Crippen LogP contribution in [-0.4, -0.2) is 39.7 Å². The van der Waals surface area contributed by atoms with Crippen LogP contribution >= 0.6 is 11.8 Å². The van der Waals surface area contributed by atoms with Crippen molar-refractivity contribution in [1.82, 2.24) is 19.7 Å². The number of hydrogen-bond acceptors (Lipinski definition) is 4. The Morgan fingerprint density at radius 3 is 2.43 bits per heavy atom. The van der Waals surface area contributed by atoms with Gasteiger partial charge in [-0.1, -0.05) is 54.2 Å². The Morgan fingerprint density at radius 2 is 1.79 bits per heavy atom. The van der Waals surface area contributed by atoms with Crippen LogP contribution in [0.1, 0.15) is 29.7 Å². The molecule has 3 aromatic rings. The van der Waals surface area contributed by atoms with Crippen LogP contribution in [0, 0.1) is 5.82 Å². The van der Waals surface area contributed by atoms with Gasteiger partial charge in [0.05, 0.1) is 5.56 Å². The van der Waals surface area contributed by atoms with E-state index in [1.54, 1.807) is 37.2 Å². The van der Waals surface area contributed by atoms with Crippen LogP contribution in [0.3, 0.4) is 0 Å². The Kier molecular flexibility index (Phi) is 5.17. The summed E-state index contributed by atoms with van der Waals surface area (Å²) in [6, 6.07) is 16.5. The van der Waals surface area contributed by atoms with Crippen LogP contribution in [0.2, 0.25) is 0 Å². The summed E-state index contributed by atoms with van der Waals surface area (Å²) < 4.78 is 16.3. The molecule has 4 rings (SSSR count). The summed E-state index contributed by atoms with van der Waals surface area (Å²) in [5.41, 5.74) is 1.34. The average molecular weight is 396 g/mol. The number of carbonyl (C=O) groups excluding carboxylic acids is 1. The summed E-state index contributed by atoms with van der Waals surface area (Å²) in [5.74, 6) is 0.179. The van der Waals surface area contributed by atoms with E-state index in [0.717, 1.165) is 18.4 Å². The third-order valence-corrected chi connectivity index (χ3v) is 5.88. The lowest BCUT2D eigenvalue weighted by Gasteiger charge is -2.20. The van der Waals surface area contributed by atoms with Crippen molar-refractivity contribution in [3.63, 3.8) is 0 Å². The number of rotatable bonds is 6. The van der Waals surface area contributed by atoms with Crippen molar-refractivity contribution >= 4 is 17.7 Å². The van der Waals surface area contributed by atoms with Gasteiger partial charge in [-0.15, -0.1) is 10.2 Å². The number of halogens is 1. The van der Waals surface area contributed by atoms with Crippen molar-refractivity contribution in [1.29, 1.82) is 0 Å². The van der Waals surface area contributed by atoms with Crippen molar-refractivity contribution < 1.29 is 9.18 Å². The van der Waals surface area contributed by atoms with Gasteiger partial charge in [-0.2, -0.15) is 0 Å². The molecule has 2 aromatic carbocycles. The van der Waals surface area contributed by atoms with E-state index in [4.69, 9.17) is 0 Å². The van der Waals surface area contributed by atoms with Gasteiger partial charge in [0, 0.05) is 20.1 Å². The first-order chi connectivity index (χ1) is 13.6. The van der Waals surface area contributed by atoms with Gasteiger partial charge in [0.25, 0.3) is 0 Å². The van der Waals surface area contributed by atoms with Crippen molar-refractivity contribution in [2.45, 2.75) is 29.3 Å². The molecule has 1 aromatic heterocycles. The van der Waals surface area contributed by atoms with Gasteiger partial charge in [-0.3, -0.25) is 9.36 Å². The molecular formula is C21H21FN4OS. The van der Waals surface area contributed by atoms with Gasteiger partial charge in [0.15, 0.2) is 11.0 Å². The molecular weight excluding hydrogens is 375 g/mol. The predicted octanol–water partition coefficient (Wildman–Crippen LogP) is 4.34. The lowest BCUT2D eigenvalue weighted by molar-refractivity contribution is -0.128. The summed E-state index contributed by atoms with van der Waals surface area (Å²) in [6.07, 6.45) is 2.01. The molecule has 1 aliphatic rings. The standard InChI is InChI=1S/C21H21FN4OS/c1-25(2)20(27)18(14-8-4-3-5-9-14)28-21-24-23-19(26(21)15-12-13-15)16-10-6-7-11-17(16)22/h3-11,15,18H,12-13H2,1-2H3. The summed E-state index contributed by atoms with van der Waals surface area (Å²) in [4.78, 5) is 14.4. The maximum atomic E-state index is 14.4. The van der Waals surface area contributed by atoms with Crippen molar-refractivity contribution in [2.75, 3.05) is 14.1 Å². The topological polar surface area (TPSA) is 51.0 Å². The number of amides is 1. The Hall–Kier alpha value is -2.67. The molecule has 1 saturated carbocycles. The third kappa shape index (κ3) is 3.67. The quantitative estimate of drug-likeness (QED) is 0.582. The molecule has 0 aliphatic heterocycles. The number of benzene rings is 2. The minimum Gasteiger partial charge on any atom is -0.348 e. The zero-order valence-corrected chi connectivity index (χ0v) is 16.6. The van der Waals surface area contributed by atoms with E-state index in [9.17, 15) is 9.18 Å². The molecule has 1 amide bonds. The van der Waals surface area contributed by atoms with E-state index in [1.165, 1.54) is 17.8 Å². The lowest BCUT2D eigenvalue weighted by atomic mass is 10.1. The molecule has 0 radical (unpaired) electrons. The summed E-state index contributed by atoms with van der Waals surface area (Å²) in [5, 5.41) is 8.83. The molecule has 0 saturated heterocycles. The second-order valence-corrected chi connectivity index (χ2v) is 8.10. The van der Waals surface area contributed by atoms with Crippen molar-refractivity contribution in [3.8, 4) is 11.4 Å². The molecule has 1 heterocycles. The minimum absolute atomic E-state index is 0.0195. The normalized spacial score (nSPS) is 14.7. The van der Waals surface area contributed by atoms with Crippen LogP contribution in [0.5, 0.6) is 0 Å². The highest BCUT2D eigenvalue weighted by Crippen LogP contribution is 2.44. The SMILES string of the molecule is CN(C)C(=O)C(Sc1nnc(-c2ccccc2F)n1C1CC1)c1ccccc1. The van der Waals surface area contributed by atoms with Crippen molar-refractivity contribution in [2.24, 2.45) is 0 Å². The minimum atomic E-state index is -0.439. The van der Waals surface area contributed by atoms with Gasteiger partial charge in [0.1, 0.15) is 11.1 Å². The molecule has 144 valence electrons. The van der Waals surface area contributed by atoms with Gasteiger partial charge in [0.2, 0.25) is 5.91 Å². The molecule has 1 unspecified atom stereocenters. The number of nitrogens with zero attached hydrogens (tertiary/aromatic N) is 4. The van der Waals surface area contributed by atoms with Gasteiger partial charge < -0.3 is 4.90 Å². The van der Waals surface area contributed by atoms with Crippen LogP contribution in [0.4, 0.5) is 4.39 Å². The first-order valence-electron chi connectivity index (χ1n) is 9.19. The summed E-state index contributed by atoms with van der Waals surface area (Å²) >= 11 is 1.37. The molecule has 1 atom stereocenters. The first kappa shape index (κ1) is 18.7. The highest BCUT2D eigenvalue weighted by Gasteiger charge is 2.33. The predicted molar refractivity (Wildman–Crippen MR) is 107 cm³/mol. The molecule has 28 heavy (non-hydrogen) atoms. The van der Waals surface area contributed by atoms with Crippen LogP contribution in [0.25, 0.3) is 11.4 Å². The Bertz CT molecular complexity index is 985. The monoisotopic (exact) mass is 396 g/mol. The fourth-order valence-electron chi connectivity index (χ4n) is 3.07. The molecule has 5 nitrogen and oxygen atoms in total. The zero-order chi connectivity index (χ0) is 19.7. The number of carbonyl (C=O) groups is 1. The van der Waals surface area contributed by atoms with Crippen molar-refractivity contribution in [3.05, 3.63) is 66.0 Å². The van der Waals surface area contributed by atoms with Gasteiger partial charge in [-0.25, -0.2) is 4.39 Å². The van der Waals surface area contributed by atoms with Gasteiger partial charge in [-0.05, 0) is 30.5 Å². The fraction of sp³-hybridized carbons (Fsp3) is 0.286. The smallest absolute Gasteiger partial charge is 0.240 e. The maximum absolute atomic E-state index is 14.4. The van der Waals surface area contributed by atoms with Gasteiger partial charge >= 0.3 is 0 Å². The molecule has 1 fully saturated rings. The van der Waals surface area contributed by atoms with E-state index in [1.807, 2.05) is 34.9 Å². The zero-order valence-electron chi connectivity index (χ0n) is 15.7. The summed E-state index contributed by atoms with van der Waals surface area (Å²) in [6.45, 7) is 0. The molecule has 7 heteroatoms. The molecule has 0 N–H and O–H groups in total. The Balaban J connectivity index is 1.74. The second kappa shape index (κ2) is 7.75. The highest BCUT2D eigenvalue weighted by atomic mass is 32.2. The van der Waals surface area contributed by atoms with E-state index in [0.29, 0.717) is 16.5 Å². The summed E-state index contributed by atoms with van der Waals surface area (Å²) in [7, 11) is 3.49. The largest absolute Gasteiger partial charge is 0.348 e. The van der Waals surface area contributed by atoms with E-state index >= 15 is 0 Å². The Labute approximate surface area is 167 Å². The number of thioether (sulfide) groups is 1. The highest BCUT2D eigenvalue weighted by molar-refractivity contribution is 8.00. The molecule has 0 bridgehead atoms. The lowest BCUT2D eigenvalue weighted by Crippen LogP contribution is -2.27. The fourth-order valence-corrected chi connectivity index (χ4v) is 4.33. The Morgan fingerprint density at radius 1 is 1.11 bits per heavy atom. The van der Waals surface area contributed by atoms with E-state index in [2.05, 4.69) is 10.2 Å². The molecule has 1 aliphatic carbocycles. The molecule has 0 spiro atoms. The number of aromatic nitrogens is 3. The first-order valence-corrected chi connectivity index (χ1v) is 10.1. The maximum Gasteiger partial charge on any atom is 0.240 e. The van der Waals surface area contributed by atoms with Crippen LogP contribution < -0.4 is 0 Å². The van der Waals surface area contributed by atoms with Crippen LogP contribution in [-0.2, 0) is 4.79 Å². The second-order valence-electron chi connectivity index (χ2n) is 7.03. The average Bonchev–Trinajstić information content (AvgIpc) is 3.46.